The Hall–Kier alpha value is -1.57. The first kappa shape index (κ1) is 42.8. The molecule has 3 aromatic rings. The maximum absolute atomic E-state index is 2.63. The summed E-state index contributed by atoms with van der Waals surface area (Å²) in [7, 11) is -1.01. The quantitative estimate of drug-likeness (QED) is 0.242. The van der Waals surface area contributed by atoms with Crippen LogP contribution < -0.4 is 30.0 Å². The first-order chi connectivity index (χ1) is 22.6. The number of rotatable bonds is 3. The van der Waals surface area contributed by atoms with E-state index in [4.69, 9.17) is 0 Å². The van der Waals surface area contributed by atoms with Crippen LogP contribution in [-0.2, 0) is 37.1 Å². The van der Waals surface area contributed by atoms with Crippen LogP contribution in [0.4, 0.5) is 0 Å². The molecule has 7 atom stereocenters. The van der Waals surface area contributed by atoms with Crippen LogP contribution in [0, 0.1) is 53.3 Å². The number of hydrogen-bond acceptors (Lipinski definition) is 0. The third-order valence-corrected chi connectivity index (χ3v) is 16.0. The molecule has 50 heavy (non-hydrogen) atoms. The van der Waals surface area contributed by atoms with E-state index >= 15 is 0 Å². The third kappa shape index (κ3) is 7.45. The minimum atomic E-state index is -1.01. The van der Waals surface area contributed by atoms with Gasteiger partial charge in [0.2, 0.25) is 0 Å². The second-order valence-corrected chi connectivity index (χ2v) is 22.9. The molecule has 4 aliphatic rings. The van der Waals surface area contributed by atoms with Crippen molar-refractivity contribution in [3.05, 3.63) is 130 Å². The fraction of sp³-hybridized carbons (Fsp3) is 0.457. The van der Waals surface area contributed by atoms with E-state index < -0.39 is 8.07 Å². The van der Waals surface area contributed by atoms with Gasteiger partial charge in [-0.3, -0.25) is 0 Å². The van der Waals surface area contributed by atoms with E-state index in [1.807, 2.05) is 6.07 Å². The average Bonchev–Trinajstić information content (AvgIpc) is 3.67. The van der Waals surface area contributed by atoms with Crippen molar-refractivity contribution in [2.75, 3.05) is 0 Å². The Bertz CT molecular complexity index is 1720. The summed E-state index contributed by atoms with van der Waals surface area (Å²) < 4.78 is 2.25. The molecule has 3 aromatic carbocycles. The molecule has 0 bridgehead atoms. The Balaban J connectivity index is 0.000000265. The number of benzene rings is 2. The summed E-state index contributed by atoms with van der Waals surface area (Å²) in [5.74, 6) is 4.93. The second kappa shape index (κ2) is 16.6. The van der Waals surface area contributed by atoms with Crippen LogP contribution in [-0.4, -0.2) is 11.8 Å². The first-order valence-electron chi connectivity index (χ1n) is 18.4. The number of hydrogen-bond donors (Lipinski definition) is 0. The van der Waals surface area contributed by atoms with E-state index in [0.717, 1.165) is 12.8 Å². The zero-order valence-corrected chi connectivity index (χ0v) is 37.7. The SMILES string of the molecule is C[C-]1C2=C3Cc4ccccc4C3=C3C=CC(C)C(C)C3(C)C2(C)C(C)C(C)C1C.Cc1cc([Si](C)(C)C)c[cH-]1.[Cl-].[Cl-].[Zr+2]=[CH]Cc1ccccc1. The second-order valence-electron chi connectivity index (χ2n) is 16.8. The van der Waals surface area contributed by atoms with Crippen molar-refractivity contribution in [3.63, 3.8) is 0 Å². The minimum absolute atomic E-state index is 0. The monoisotopic (exact) mass is 800 g/mol. The number of halogens is 2. The zero-order chi connectivity index (χ0) is 35.2. The van der Waals surface area contributed by atoms with Crippen molar-refractivity contribution in [1.29, 1.82) is 0 Å². The van der Waals surface area contributed by atoms with Crippen molar-refractivity contribution in [2.24, 2.45) is 40.4 Å². The molecule has 0 spiro atoms. The van der Waals surface area contributed by atoms with Crippen LogP contribution in [0.5, 0.6) is 0 Å². The van der Waals surface area contributed by atoms with Gasteiger partial charge in [-0.25, -0.2) is 17.2 Å². The van der Waals surface area contributed by atoms with E-state index in [1.54, 1.807) is 33.4 Å². The summed E-state index contributed by atoms with van der Waals surface area (Å²) in [4.78, 5) is 0. The van der Waals surface area contributed by atoms with Gasteiger partial charge in [0.15, 0.2) is 0 Å². The molecule has 0 radical (unpaired) electrons. The molecule has 1 fully saturated rings. The Morgan fingerprint density at radius 1 is 0.900 bits per heavy atom. The van der Waals surface area contributed by atoms with Gasteiger partial charge in [0, 0.05) is 13.5 Å². The molecular weight excluding hydrogens is 743 g/mol. The Morgan fingerprint density at radius 2 is 1.52 bits per heavy atom. The predicted molar refractivity (Wildman–Crippen MR) is 210 cm³/mol. The molecule has 1 saturated carbocycles. The molecule has 0 aromatic heterocycles. The van der Waals surface area contributed by atoms with Crippen LogP contribution in [0.15, 0.2) is 102 Å². The summed E-state index contributed by atoms with van der Waals surface area (Å²) in [5.41, 5.74) is 12.7. The van der Waals surface area contributed by atoms with Gasteiger partial charge in [-0.15, -0.1) is 6.92 Å². The van der Waals surface area contributed by atoms with E-state index in [-0.39, 0.29) is 35.6 Å². The van der Waals surface area contributed by atoms with Gasteiger partial charge < -0.3 is 24.8 Å². The topological polar surface area (TPSA) is 0 Å². The number of aryl methyl sites for hydroxylation is 1. The van der Waals surface area contributed by atoms with Gasteiger partial charge in [-0.2, -0.15) is 28.8 Å². The van der Waals surface area contributed by atoms with Crippen molar-refractivity contribution < 1.29 is 49.0 Å². The molecule has 0 saturated heterocycles. The summed E-state index contributed by atoms with van der Waals surface area (Å²) in [5, 5.41) is 1.57. The summed E-state index contributed by atoms with van der Waals surface area (Å²) >= 11 is 1.51. The fourth-order valence-electron chi connectivity index (χ4n) is 9.60. The molecule has 0 heterocycles. The molecule has 0 nitrogen and oxygen atoms in total. The summed E-state index contributed by atoms with van der Waals surface area (Å²) in [6.45, 7) is 29.5. The molecule has 0 amide bonds. The molecule has 0 aliphatic heterocycles. The zero-order valence-electron chi connectivity index (χ0n) is 32.7. The van der Waals surface area contributed by atoms with Crippen molar-refractivity contribution >= 4 is 22.5 Å². The number of fused-ring (bicyclic) bond motifs is 6. The first-order valence-corrected chi connectivity index (χ1v) is 23.4. The molecule has 7 rings (SSSR count). The van der Waals surface area contributed by atoms with Gasteiger partial charge in [0.25, 0.3) is 0 Å². The van der Waals surface area contributed by atoms with Crippen LogP contribution in [0.1, 0.15) is 77.6 Å². The maximum atomic E-state index is 2.63. The van der Waals surface area contributed by atoms with Crippen LogP contribution in [0.3, 0.4) is 0 Å². The van der Waals surface area contributed by atoms with Crippen molar-refractivity contribution in [3.8, 4) is 0 Å². The molecule has 268 valence electrons. The van der Waals surface area contributed by atoms with Gasteiger partial charge >= 0.3 is 70.3 Å². The molecule has 4 aliphatic carbocycles. The molecular formula is C46H60Cl2SiZr-2. The van der Waals surface area contributed by atoms with E-state index in [2.05, 4.69) is 165 Å². The summed E-state index contributed by atoms with van der Waals surface area (Å²) in [6, 6.07) is 26.5. The van der Waals surface area contributed by atoms with Crippen molar-refractivity contribution in [2.45, 2.75) is 94.8 Å². The van der Waals surface area contributed by atoms with Gasteiger partial charge in [-0.1, -0.05) is 140 Å². The molecule has 0 N–H and O–H groups in total. The number of allylic oxidation sites excluding steroid dienone is 6. The average molecular weight is 803 g/mol. The van der Waals surface area contributed by atoms with Crippen LogP contribution in [0.25, 0.3) is 5.57 Å². The van der Waals surface area contributed by atoms with E-state index in [0.29, 0.717) is 29.6 Å². The van der Waals surface area contributed by atoms with Crippen LogP contribution >= 0.6 is 0 Å². The predicted octanol–water partition coefficient (Wildman–Crippen LogP) is 5.52. The standard InChI is InChI=1S/C29H37.C9H15Si.C8H8.2ClH.Zr/c1-16-13-14-25-26-23-12-10-9-11-22(23)15-24(26)27-19(4)17(2)18(3)21(6)29(27,8)28(25,7)20(16)5;1-8-5-6-9(7-8)10(2,3)4;1-2-8-6-4-3-5-7-8;;;/h9-14,16-18,20-21H,15H2,1-8H3;5-7H,1-4H3;1,3-7H,2H2;2*1H;/q2*-1;;;;+2/p-2. The van der Waals surface area contributed by atoms with Gasteiger partial charge in [0.05, 0.1) is 0 Å². The van der Waals surface area contributed by atoms with Crippen molar-refractivity contribution in [1.82, 2.24) is 0 Å². The molecule has 7 unspecified atom stereocenters. The van der Waals surface area contributed by atoms with Gasteiger partial charge in [-0.05, 0) is 34.7 Å². The fourth-order valence-corrected chi connectivity index (χ4v) is 11.4. The third-order valence-electron chi connectivity index (χ3n) is 13.5. The summed E-state index contributed by atoms with van der Waals surface area (Å²) in [6.07, 6.45) is 7.24. The Labute approximate surface area is 334 Å². The van der Waals surface area contributed by atoms with Gasteiger partial charge in [0.1, 0.15) is 0 Å². The van der Waals surface area contributed by atoms with Crippen LogP contribution in [0.2, 0.25) is 19.6 Å². The van der Waals surface area contributed by atoms with E-state index in [1.165, 1.54) is 46.5 Å². The Kier molecular flexibility index (Phi) is 14.2. The normalized spacial score (nSPS) is 29.1. The molecule has 4 heteroatoms. The Morgan fingerprint density at radius 3 is 2.08 bits per heavy atom. The van der Waals surface area contributed by atoms with E-state index in [9.17, 15) is 0 Å².